The molecule has 0 N–H and O–H groups in total. The van der Waals surface area contributed by atoms with Gasteiger partial charge in [-0.1, -0.05) is 12.1 Å². The summed E-state index contributed by atoms with van der Waals surface area (Å²) in [4.78, 5) is 28.6. The Morgan fingerprint density at radius 1 is 1.09 bits per heavy atom. The normalized spacial score (nSPS) is 17.2. The summed E-state index contributed by atoms with van der Waals surface area (Å²) in [5.74, 6) is -1.95. The molecule has 180 valence electrons. The van der Waals surface area contributed by atoms with E-state index in [9.17, 15) is 27.2 Å². The molecule has 0 aromatic heterocycles. The summed E-state index contributed by atoms with van der Waals surface area (Å²) in [6, 6.07) is 8.55. The van der Waals surface area contributed by atoms with Crippen molar-refractivity contribution in [2.75, 3.05) is 18.1 Å². The fourth-order valence-corrected chi connectivity index (χ4v) is 3.47. The molecule has 1 unspecified atom stereocenters. The smallest absolute Gasteiger partial charge is 0.373 e. The highest BCUT2D eigenvalue weighted by Crippen LogP contribution is 2.30. The first-order valence-electron chi connectivity index (χ1n) is 10.4. The molecule has 6 nitrogen and oxygen atoms in total. The summed E-state index contributed by atoms with van der Waals surface area (Å²) in [6.45, 7) is 4.52. The van der Waals surface area contributed by atoms with Gasteiger partial charge >= 0.3 is 6.18 Å². The first-order chi connectivity index (χ1) is 15.8. The van der Waals surface area contributed by atoms with Crippen molar-refractivity contribution in [3.8, 4) is 6.07 Å². The Balaban J connectivity index is 1.91. The van der Waals surface area contributed by atoms with Gasteiger partial charge in [0.1, 0.15) is 18.4 Å². The molecule has 1 aliphatic heterocycles. The topological polar surface area (TPSA) is 73.6 Å². The average Bonchev–Trinajstić information content (AvgIpc) is 2.75. The third kappa shape index (κ3) is 5.72. The molecule has 1 fully saturated rings. The van der Waals surface area contributed by atoms with E-state index in [1.54, 1.807) is 26.8 Å². The van der Waals surface area contributed by atoms with E-state index in [-0.39, 0.29) is 24.4 Å². The van der Waals surface area contributed by atoms with Crippen LogP contribution < -0.4 is 4.90 Å². The summed E-state index contributed by atoms with van der Waals surface area (Å²) in [5.41, 5.74) is -1.16. The zero-order valence-corrected chi connectivity index (χ0v) is 18.8. The summed E-state index contributed by atoms with van der Waals surface area (Å²) in [7, 11) is 0. The van der Waals surface area contributed by atoms with Gasteiger partial charge in [-0.3, -0.25) is 14.5 Å². The van der Waals surface area contributed by atoms with Crippen LogP contribution in [0.1, 0.15) is 37.5 Å². The molecule has 2 amide bonds. The molecule has 3 rings (SSSR count). The van der Waals surface area contributed by atoms with Crippen LogP contribution in [0.4, 0.5) is 23.2 Å². The van der Waals surface area contributed by atoms with Crippen LogP contribution in [0.3, 0.4) is 0 Å². The molecule has 1 saturated heterocycles. The third-order valence-electron chi connectivity index (χ3n) is 5.22. The van der Waals surface area contributed by atoms with E-state index in [1.165, 1.54) is 29.2 Å². The van der Waals surface area contributed by atoms with Crippen LogP contribution in [0.25, 0.3) is 0 Å². The highest BCUT2D eigenvalue weighted by Gasteiger charge is 2.41. The van der Waals surface area contributed by atoms with Crippen LogP contribution in [-0.2, 0) is 27.0 Å². The van der Waals surface area contributed by atoms with Gasteiger partial charge in [-0.05, 0) is 56.7 Å². The summed E-state index contributed by atoms with van der Waals surface area (Å²) >= 11 is 0. The highest BCUT2D eigenvalue weighted by molar-refractivity contribution is 6.06. The van der Waals surface area contributed by atoms with Crippen molar-refractivity contribution in [2.24, 2.45) is 0 Å². The lowest BCUT2D eigenvalue weighted by molar-refractivity contribution is -0.148. The van der Waals surface area contributed by atoms with E-state index in [0.717, 1.165) is 23.1 Å². The van der Waals surface area contributed by atoms with Crippen molar-refractivity contribution < 1.29 is 31.9 Å². The second-order valence-corrected chi connectivity index (χ2v) is 8.86. The Morgan fingerprint density at radius 2 is 1.74 bits per heavy atom. The summed E-state index contributed by atoms with van der Waals surface area (Å²) in [5, 5.41) is 8.95. The fraction of sp³-hybridized carbons (Fsp3) is 0.375. The summed E-state index contributed by atoms with van der Waals surface area (Å²) < 4.78 is 59.0. The van der Waals surface area contributed by atoms with Gasteiger partial charge < -0.3 is 9.64 Å². The van der Waals surface area contributed by atoms with E-state index >= 15 is 0 Å². The van der Waals surface area contributed by atoms with Crippen molar-refractivity contribution in [3.63, 3.8) is 0 Å². The number of hydrogen-bond acceptors (Lipinski definition) is 4. The van der Waals surface area contributed by atoms with Crippen molar-refractivity contribution in [3.05, 3.63) is 65.0 Å². The number of alkyl halides is 3. The fourth-order valence-electron chi connectivity index (χ4n) is 3.47. The number of hydrogen-bond donors (Lipinski definition) is 0. The first kappa shape index (κ1) is 25.2. The molecule has 0 spiro atoms. The highest BCUT2D eigenvalue weighted by atomic mass is 19.4. The molecule has 0 bridgehead atoms. The monoisotopic (exact) mass is 477 g/mol. The SMILES string of the molecule is CC(C)(C)OCC1C(=O)N(c2ccc(C#N)cc2F)CC(=O)N1Cc1ccc(C(F)(F)F)cc1. The molecule has 1 heterocycles. The molecule has 2 aromatic rings. The zero-order valence-electron chi connectivity index (χ0n) is 18.8. The lowest BCUT2D eigenvalue weighted by Crippen LogP contribution is -2.61. The molecule has 34 heavy (non-hydrogen) atoms. The molecule has 0 radical (unpaired) electrons. The first-order valence-corrected chi connectivity index (χ1v) is 10.4. The predicted molar refractivity (Wildman–Crippen MR) is 115 cm³/mol. The molecule has 2 aromatic carbocycles. The number of carbonyl (C=O) groups excluding carboxylic acids is 2. The molecule has 1 atom stereocenters. The van der Waals surface area contributed by atoms with Gasteiger partial charge in [0, 0.05) is 6.54 Å². The van der Waals surface area contributed by atoms with E-state index in [4.69, 9.17) is 10.00 Å². The van der Waals surface area contributed by atoms with Gasteiger partial charge in [-0.2, -0.15) is 18.4 Å². The van der Waals surface area contributed by atoms with Gasteiger partial charge in [0.05, 0.1) is 35.1 Å². The Morgan fingerprint density at radius 3 is 2.26 bits per heavy atom. The van der Waals surface area contributed by atoms with Gasteiger partial charge in [-0.15, -0.1) is 0 Å². The molecule has 1 aliphatic rings. The number of carbonyl (C=O) groups is 2. The Kier molecular flexibility index (Phi) is 6.98. The van der Waals surface area contributed by atoms with Gasteiger partial charge in [0.25, 0.3) is 5.91 Å². The molecular weight excluding hydrogens is 454 g/mol. The van der Waals surface area contributed by atoms with E-state index in [0.29, 0.717) is 5.56 Å². The van der Waals surface area contributed by atoms with Crippen molar-refractivity contribution in [2.45, 2.75) is 45.1 Å². The van der Waals surface area contributed by atoms with Crippen molar-refractivity contribution >= 4 is 17.5 Å². The van der Waals surface area contributed by atoms with Crippen LogP contribution >= 0.6 is 0 Å². The van der Waals surface area contributed by atoms with Crippen LogP contribution in [-0.4, -0.2) is 41.5 Å². The molecule has 0 aliphatic carbocycles. The second kappa shape index (κ2) is 9.43. The van der Waals surface area contributed by atoms with Crippen LogP contribution in [0.15, 0.2) is 42.5 Å². The standard InChI is InChI=1S/C24H23F4N3O3/c1-23(2,3)34-14-20-22(33)31(19-9-6-16(11-29)10-18(19)25)13-21(32)30(20)12-15-4-7-17(8-5-15)24(26,27)28/h4-10,20H,12-14H2,1-3H3. The minimum Gasteiger partial charge on any atom is -0.373 e. The number of halogens is 4. The Hall–Kier alpha value is -3.45. The lowest BCUT2D eigenvalue weighted by Gasteiger charge is -2.41. The molecular formula is C24H23F4N3O3. The largest absolute Gasteiger partial charge is 0.416 e. The minimum atomic E-state index is -4.50. The maximum absolute atomic E-state index is 14.6. The number of nitrogens with zero attached hydrogens (tertiary/aromatic N) is 3. The summed E-state index contributed by atoms with van der Waals surface area (Å²) in [6.07, 6.45) is -4.50. The molecule has 0 saturated carbocycles. The number of piperazine rings is 1. The maximum Gasteiger partial charge on any atom is 0.416 e. The number of ether oxygens (including phenoxy) is 1. The van der Waals surface area contributed by atoms with E-state index in [2.05, 4.69) is 0 Å². The van der Waals surface area contributed by atoms with Crippen molar-refractivity contribution in [1.29, 1.82) is 5.26 Å². The quantitative estimate of drug-likeness (QED) is 0.603. The van der Waals surface area contributed by atoms with Gasteiger partial charge in [-0.25, -0.2) is 4.39 Å². The number of nitriles is 1. The molecule has 10 heteroatoms. The van der Waals surface area contributed by atoms with E-state index < -0.39 is 47.6 Å². The van der Waals surface area contributed by atoms with Crippen LogP contribution in [0, 0.1) is 17.1 Å². The lowest BCUT2D eigenvalue weighted by atomic mass is 10.1. The van der Waals surface area contributed by atoms with Gasteiger partial charge in [0.15, 0.2) is 0 Å². The minimum absolute atomic E-state index is 0.0635. The van der Waals surface area contributed by atoms with E-state index in [1.807, 2.05) is 0 Å². The predicted octanol–water partition coefficient (Wildman–Crippen LogP) is 4.28. The maximum atomic E-state index is 14.6. The van der Waals surface area contributed by atoms with Crippen LogP contribution in [0.5, 0.6) is 0 Å². The van der Waals surface area contributed by atoms with Crippen molar-refractivity contribution in [1.82, 2.24) is 4.90 Å². The number of benzene rings is 2. The van der Waals surface area contributed by atoms with Gasteiger partial charge in [0.2, 0.25) is 5.91 Å². The van der Waals surface area contributed by atoms with Crippen LogP contribution in [0.2, 0.25) is 0 Å². The number of anilines is 1. The number of rotatable bonds is 5. The zero-order chi connectivity index (χ0) is 25.3. The number of amides is 2. The Labute approximate surface area is 194 Å². The third-order valence-corrected chi connectivity index (χ3v) is 5.22. The second-order valence-electron chi connectivity index (χ2n) is 8.86. The Bertz CT molecular complexity index is 1120. The average molecular weight is 477 g/mol.